The van der Waals surface area contributed by atoms with Gasteiger partial charge in [-0.2, -0.15) is 0 Å². The summed E-state index contributed by atoms with van der Waals surface area (Å²) in [5.41, 5.74) is 5.31. The topological polar surface area (TPSA) is 38.0 Å². The predicted molar refractivity (Wildman–Crippen MR) is 84.4 cm³/mol. The largest absolute Gasteiger partial charge is 0.271 e. The summed E-state index contributed by atoms with van der Waals surface area (Å²) < 4.78 is 0. The quantitative estimate of drug-likeness (QED) is 0.401. The minimum Gasteiger partial charge on any atom is -0.271 e. The number of nitrogens with two attached hydrogens (primary N) is 1. The summed E-state index contributed by atoms with van der Waals surface area (Å²) in [6, 6.07) is 6.56. The number of aryl methyl sites for hydroxylation is 1. The lowest BCUT2D eigenvalue weighted by atomic mass is 9.99. The highest BCUT2D eigenvalue weighted by molar-refractivity contribution is 6.31. The number of hydrogen-bond donors (Lipinski definition) is 2. The van der Waals surface area contributed by atoms with Gasteiger partial charge in [-0.05, 0) is 37.0 Å². The molecule has 0 spiro atoms. The Morgan fingerprint density at radius 3 is 2.58 bits per heavy atom. The molecule has 1 aromatic rings. The van der Waals surface area contributed by atoms with E-state index in [1.807, 2.05) is 6.07 Å². The maximum Gasteiger partial charge on any atom is 0.0441 e. The van der Waals surface area contributed by atoms with E-state index in [1.54, 1.807) is 0 Å². The van der Waals surface area contributed by atoms with Gasteiger partial charge in [0.25, 0.3) is 0 Å². The van der Waals surface area contributed by atoms with Crippen LogP contribution in [0, 0.1) is 6.92 Å². The molecule has 0 bridgehead atoms. The van der Waals surface area contributed by atoms with Crippen molar-refractivity contribution in [3.8, 4) is 0 Å². The minimum absolute atomic E-state index is 0.321. The Hall–Kier alpha value is -0.570. The monoisotopic (exact) mass is 282 g/mol. The zero-order valence-corrected chi connectivity index (χ0v) is 13.0. The normalized spacial score (nSPS) is 12.6. The number of nitrogens with one attached hydrogen (secondary N) is 1. The zero-order chi connectivity index (χ0) is 14.1. The average Bonchev–Trinajstić information content (AvgIpc) is 2.39. The molecule has 0 aromatic heterocycles. The summed E-state index contributed by atoms with van der Waals surface area (Å²) in [5.74, 6) is 5.65. The lowest BCUT2D eigenvalue weighted by molar-refractivity contribution is 0.461. The van der Waals surface area contributed by atoms with E-state index in [4.69, 9.17) is 17.4 Å². The third-order valence-electron chi connectivity index (χ3n) is 3.57. The van der Waals surface area contributed by atoms with Crippen LogP contribution in [0.5, 0.6) is 0 Å². The van der Waals surface area contributed by atoms with E-state index >= 15 is 0 Å². The second-order valence-corrected chi connectivity index (χ2v) is 5.77. The number of halogens is 1. The van der Waals surface area contributed by atoms with Gasteiger partial charge in [0.2, 0.25) is 0 Å². The second kappa shape index (κ2) is 9.35. The fourth-order valence-corrected chi connectivity index (χ4v) is 2.63. The number of hydrazine groups is 1. The molecule has 1 rings (SSSR count). The average molecular weight is 283 g/mol. The molecule has 0 saturated heterocycles. The molecule has 19 heavy (non-hydrogen) atoms. The smallest absolute Gasteiger partial charge is 0.0441 e. The highest BCUT2D eigenvalue weighted by atomic mass is 35.5. The Balaban J connectivity index is 2.39. The van der Waals surface area contributed by atoms with Gasteiger partial charge in [-0.25, -0.2) is 0 Å². The highest BCUT2D eigenvalue weighted by Gasteiger charge is 2.10. The Bertz CT molecular complexity index is 366. The molecular weight excluding hydrogens is 256 g/mol. The molecule has 0 amide bonds. The number of unbranched alkanes of at least 4 members (excludes halogenated alkanes) is 4. The lowest BCUT2D eigenvalue weighted by Crippen LogP contribution is -2.36. The van der Waals surface area contributed by atoms with Gasteiger partial charge >= 0.3 is 0 Å². The van der Waals surface area contributed by atoms with Crippen molar-refractivity contribution in [3.63, 3.8) is 0 Å². The number of rotatable bonds is 9. The van der Waals surface area contributed by atoms with Crippen LogP contribution in [0.1, 0.15) is 56.6 Å². The van der Waals surface area contributed by atoms with Crippen molar-refractivity contribution in [2.24, 2.45) is 5.84 Å². The maximum absolute atomic E-state index is 6.26. The van der Waals surface area contributed by atoms with Crippen molar-refractivity contribution < 1.29 is 0 Å². The van der Waals surface area contributed by atoms with E-state index in [1.165, 1.54) is 43.2 Å². The van der Waals surface area contributed by atoms with Crippen LogP contribution in [0.15, 0.2) is 18.2 Å². The summed E-state index contributed by atoms with van der Waals surface area (Å²) in [7, 11) is 0. The first kappa shape index (κ1) is 16.5. The van der Waals surface area contributed by atoms with Crippen molar-refractivity contribution in [3.05, 3.63) is 34.3 Å². The fourth-order valence-electron chi connectivity index (χ4n) is 2.32. The van der Waals surface area contributed by atoms with Gasteiger partial charge < -0.3 is 0 Å². The van der Waals surface area contributed by atoms with Crippen LogP contribution in [-0.2, 0) is 6.42 Å². The zero-order valence-electron chi connectivity index (χ0n) is 12.2. The van der Waals surface area contributed by atoms with Crippen molar-refractivity contribution >= 4 is 11.6 Å². The molecule has 108 valence electrons. The van der Waals surface area contributed by atoms with Gasteiger partial charge in [0.1, 0.15) is 0 Å². The van der Waals surface area contributed by atoms with Gasteiger partial charge in [-0.3, -0.25) is 11.3 Å². The molecule has 0 saturated carbocycles. The molecule has 0 fully saturated rings. The van der Waals surface area contributed by atoms with Gasteiger partial charge in [0.05, 0.1) is 0 Å². The van der Waals surface area contributed by atoms with Crippen molar-refractivity contribution in [1.29, 1.82) is 0 Å². The molecule has 0 radical (unpaired) electrons. The molecule has 0 heterocycles. The summed E-state index contributed by atoms with van der Waals surface area (Å²) >= 11 is 6.26. The second-order valence-electron chi connectivity index (χ2n) is 5.37. The third-order valence-corrected chi connectivity index (χ3v) is 3.92. The molecular formula is C16H27ClN2. The van der Waals surface area contributed by atoms with Crippen LogP contribution in [0.4, 0.5) is 0 Å². The van der Waals surface area contributed by atoms with Crippen LogP contribution < -0.4 is 11.3 Å². The maximum atomic E-state index is 6.26. The van der Waals surface area contributed by atoms with Crippen molar-refractivity contribution in [2.45, 2.75) is 64.8 Å². The van der Waals surface area contributed by atoms with Crippen molar-refractivity contribution in [2.75, 3.05) is 0 Å². The third kappa shape index (κ3) is 6.42. The molecule has 1 atom stereocenters. The minimum atomic E-state index is 0.321. The first-order valence-electron chi connectivity index (χ1n) is 7.38. The van der Waals surface area contributed by atoms with Crippen LogP contribution in [-0.4, -0.2) is 6.04 Å². The molecule has 3 N–H and O–H groups in total. The summed E-state index contributed by atoms with van der Waals surface area (Å²) in [4.78, 5) is 0. The fraction of sp³-hybridized carbons (Fsp3) is 0.625. The molecule has 1 aromatic carbocycles. The van der Waals surface area contributed by atoms with E-state index in [0.29, 0.717) is 6.04 Å². The Morgan fingerprint density at radius 1 is 1.21 bits per heavy atom. The first-order chi connectivity index (χ1) is 9.17. The number of benzene rings is 1. The van der Waals surface area contributed by atoms with Crippen LogP contribution in [0.2, 0.25) is 5.02 Å². The Morgan fingerprint density at radius 2 is 1.95 bits per heavy atom. The Labute approximate surface area is 122 Å². The van der Waals surface area contributed by atoms with E-state index < -0.39 is 0 Å². The standard InChI is InChI=1S/C16H27ClN2/c1-3-4-5-6-7-8-15(19-18)12-14-10-9-13(2)11-16(14)17/h9-11,15,19H,3-8,12,18H2,1-2H3. The molecule has 2 nitrogen and oxygen atoms in total. The molecule has 0 aliphatic heterocycles. The Kier molecular flexibility index (Phi) is 8.11. The van der Waals surface area contributed by atoms with E-state index in [0.717, 1.165) is 17.9 Å². The van der Waals surface area contributed by atoms with E-state index in [2.05, 4.69) is 31.4 Å². The van der Waals surface area contributed by atoms with Gasteiger partial charge in [0, 0.05) is 11.1 Å². The van der Waals surface area contributed by atoms with Gasteiger partial charge in [-0.1, -0.05) is 62.8 Å². The summed E-state index contributed by atoms with van der Waals surface area (Å²) in [5, 5.41) is 0.853. The molecule has 0 aliphatic rings. The van der Waals surface area contributed by atoms with Crippen LogP contribution >= 0.6 is 11.6 Å². The lowest BCUT2D eigenvalue weighted by Gasteiger charge is -2.17. The summed E-state index contributed by atoms with van der Waals surface area (Å²) in [6.45, 7) is 4.30. The van der Waals surface area contributed by atoms with E-state index in [-0.39, 0.29) is 0 Å². The predicted octanol–water partition coefficient (Wildman–Crippen LogP) is 4.38. The van der Waals surface area contributed by atoms with E-state index in [9.17, 15) is 0 Å². The number of hydrogen-bond acceptors (Lipinski definition) is 2. The highest BCUT2D eigenvalue weighted by Crippen LogP contribution is 2.20. The molecule has 3 heteroatoms. The molecule has 1 unspecified atom stereocenters. The van der Waals surface area contributed by atoms with Gasteiger partial charge in [-0.15, -0.1) is 0 Å². The van der Waals surface area contributed by atoms with Crippen LogP contribution in [0.25, 0.3) is 0 Å². The molecule has 0 aliphatic carbocycles. The van der Waals surface area contributed by atoms with Crippen molar-refractivity contribution in [1.82, 2.24) is 5.43 Å². The van der Waals surface area contributed by atoms with Gasteiger partial charge in [0.15, 0.2) is 0 Å². The van der Waals surface area contributed by atoms with Crippen LogP contribution in [0.3, 0.4) is 0 Å². The first-order valence-corrected chi connectivity index (χ1v) is 7.76. The SMILES string of the molecule is CCCCCCCC(Cc1ccc(C)cc1Cl)NN. The summed E-state index contributed by atoms with van der Waals surface area (Å²) in [6.07, 6.45) is 8.51.